The molecule has 1 aromatic heterocycles. The lowest BCUT2D eigenvalue weighted by Crippen LogP contribution is -2.12. The van der Waals surface area contributed by atoms with Crippen LogP contribution in [0.15, 0.2) is 279 Å². The molecule has 0 aliphatic rings. The number of rotatable bonds is 7. The van der Waals surface area contributed by atoms with E-state index in [0.717, 1.165) is 33.9 Å². The summed E-state index contributed by atoms with van der Waals surface area (Å²) in [7, 11) is 0. The van der Waals surface area contributed by atoms with E-state index in [0.29, 0.717) is 0 Å². The highest BCUT2D eigenvalue weighted by molar-refractivity contribution is 6.23. The minimum absolute atomic E-state index is 1.06. The molecular weight excluding hydrogens is 893 g/mol. The highest BCUT2D eigenvalue weighted by Gasteiger charge is 2.25. The lowest BCUT2D eigenvalue weighted by molar-refractivity contribution is 1.18. The van der Waals surface area contributed by atoms with Gasteiger partial charge >= 0.3 is 0 Å². The van der Waals surface area contributed by atoms with Gasteiger partial charge in [0.2, 0.25) is 0 Å². The summed E-state index contributed by atoms with van der Waals surface area (Å²) in [5.74, 6) is 0. The summed E-state index contributed by atoms with van der Waals surface area (Å²) in [5, 5.41) is 17.1. The van der Waals surface area contributed by atoms with Crippen molar-refractivity contribution in [1.29, 1.82) is 0 Å². The first-order valence-electron chi connectivity index (χ1n) is 25.6. The van der Waals surface area contributed by atoms with Crippen LogP contribution in [0.1, 0.15) is 0 Å². The van der Waals surface area contributed by atoms with E-state index >= 15 is 0 Å². The molecule has 0 aliphatic heterocycles. The van der Waals surface area contributed by atoms with E-state index in [1.165, 1.54) is 109 Å². The van der Waals surface area contributed by atoms with Crippen molar-refractivity contribution >= 4 is 104 Å². The first-order chi connectivity index (χ1) is 36.7. The van der Waals surface area contributed by atoms with E-state index in [1.54, 1.807) is 0 Å². The van der Waals surface area contributed by atoms with Gasteiger partial charge in [-0.2, -0.15) is 0 Å². The molecule has 15 rings (SSSR count). The van der Waals surface area contributed by atoms with E-state index in [2.05, 4.69) is 289 Å². The molecule has 14 aromatic carbocycles. The van der Waals surface area contributed by atoms with Gasteiger partial charge in [-0.1, -0.05) is 231 Å². The Kier molecular flexibility index (Phi) is 9.61. The van der Waals surface area contributed by atoms with Crippen LogP contribution in [-0.2, 0) is 0 Å². The van der Waals surface area contributed by atoms with Gasteiger partial charge in [-0.25, -0.2) is 0 Å². The van der Waals surface area contributed by atoms with Crippen molar-refractivity contribution in [2.45, 2.75) is 0 Å². The molecular formula is C72H46N2. The first kappa shape index (κ1) is 42.0. The van der Waals surface area contributed by atoms with Gasteiger partial charge in [-0.05, 0) is 130 Å². The van der Waals surface area contributed by atoms with Crippen LogP contribution in [0.2, 0.25) is 0 Å². The second-order valence-electron chi connectivity index (χ2n) is 19.5. The van der Waals surface area contributed by atoms with Crippen LogP contribution >= 0.6 is 0 Å². The maximum atomic E-state index is 2.56. The molecule has 0 saturated carbocycles. The molecule has 0 radical (unpaired) electrons. The summed E-state index contributed by atoms with van der Waals surface area (Å²) in [6.07, 6.45) is 0. The molecule has 0 bridgehead atoms. The van der Waals surface area contributed by atoms with Crippen molar-refractivity contribution in [2.75, 3.05) is 4.90 Å². The number of nitrogens with zero attached hydrogens (tertiary/aromatic N) is 2. The maximum absolute atomic E-state index is 2.56. The zero-order valence-electron chi connectivity index (χ0n) is 40.5. The first-order valence-corrected chi connectivity index (χ1v) is 25.6. The molecule has 0 N–H and O–H groups in total. The Labute approximate surface area is 428 Å². The molecule has 2 nitrogen and oxygen atoms in total. The molecule has 0 saturated heterocycles. The number of anilines is 3. The normalized spacial score (nSPS) is 11.8. The zero-order valence-corrected chi connectivity index (χ0v) is 40.5. The van der Waals surface area contributed by atoms with E-state index < -0.39 is 0 Å². The number of aromatic nitrogens is 1. The summed E-state index contributed by atoms with van der Waals surface area (Å²) in [4.78, 5) is 2.56. The third-order valence-electron chi connectivity index (χ3n) is 15.5. The molecule has 0 unspecified atom stereocenters. The standard InChI is InChI=1S/C72H46N2/c1-2-21-52-45-54(38-35-47(52)17-1)71-69(43-40-51-37-36-49-19-4-7-27-58(49)70(51)71)73(68-44-42-63(60-31-16-22-48-18-3-6-25-56(48)60)72-59-28-8-5-20-50(59)39-41-64(68)72)55-24-15-23-53(46-55)57-26-9-12-32-65(57)74-66-33-13-10-29-61(66)62-30-11-14-34-67(62)74/h1-46H. The lowest BCUT2D eigenvalue weighted by atomic mass is 9.88. The largest absolute Gasteiger partial charge is 0.309 e. The van der Waals surface area contributed by atoms with Crippen LogP contribution in [0.25, 0.3) is 126 Å². The maximum Gasteiger partial charge on any atom is 0.0546 e. The minimum atomic E-state index is 1.06. The summed E-state index contributed by atoms with van der Waals surface area (Å²) in [5.41, 5.74) is 13.9. The van der Waals surface area contributed by atoms with Crippen molar-refractivity contribution < 1.29 is 0 Å². The zero-order chi connectivity index (χ0) is 48.7. The van der Waals surface area contributed by atoms with Gasteiger partial charge in [0.1, 0.15) is 0 Å². The molecule has 0 amide bonds. The van der Waals surface area contributed by atoms with Crippen LogP contribution in [-0.4, -0.2) is 4.57 Å². The Morgan fingerprint density at radius 3 is 1.55 bits per heavy atom. The number of fused-ring (bicyclic) bond motifs is 11. The molecule has 0 fully saturated rings. The van der Waals surface area contributed by atoms with Gasteiger partial charge in [-0.15, -0.1) is 0 Å². The molecule has 2 heteroatoms. The van der Waals surface area contributed by atoms with Crippen LogP contribution in [0.5, 0.6) is 0 Å². The van der Waals surface area contributed by atoms with E-state index in [1.807, 2.05) is 0 Å². The number of para-hydroxylation sites is 3. The van der Waals surface area contributed by atoms with Crippen molar-refractivity contribution in [1.82, 2.24) is 4.57 Å². The van der Waals surface area contributed by atoms with E-state index in [4.69, 9.17) is 0 Å². The third kappa shape index (κ3) is 6.59. The summed E-state index contributed by atoms with van der Waals surface area (Å²) < 4.78 is 2.45. The van der Waals surface area contributed by atoms with Crippen LogP contribution in [0, 0.1) is 0 Å². The fraction of sp³-hybridized carbons (Fsp3) is 0. The Bertz CT molecular complexity index is 4690. The molecule has 0 atom stereocenters. The highest BCUT2D eigenvalue weighted by atomic mass is 15.1. The molecule has 15 aromatic rings. The second-order valence-corrected chi connectivity index (χ2v) is 19.5. The van der Waals surface area contributed by atoms with Crippen LogP contribution in [0.3, 0.4) is 0 Å². The Morgan fingerprint density at radius 1 is 0.257 bits per heavy atom. The Hall–Kier alpha value is -9.76. The lowest BCUT2D eigenvalue weighted by Gasteiger charge is -2.31. The van der Waals surface area contributed by atoms with Gasteiger partial charge in [0, 0.05) is 33.0 Å². The average Bonchev–Trinajstić information content (AvgIpc) is 3.84. The molecule has 1 heterocycles. The predicted molar refractivity (Wildman–Crippen MR) is 317 cm³/mol. The van der Waals surface area contributed by atoms with Gasteiger partial charge in [-0.3, -0.25) is 0 Å². The SMILES string of the molecule is c1cc(-c2ccccc2-n2c3ccccc3c3ccccc32)cc(N(c2ccc3ccc4ccccc4c3c2-c2ccc3ccccc3c2)c2ccc(-c3cccc4ccccc34)c3c2ccc2ccccc23)c1. The number of hydrogen-bond acceptors (Lipinski definition) is 1. The van der Waals surface area contributed by atoms with Crippen molar-refractivity contribution in [2.24, 2.45) is 0 Å². The van der Waals surface area contributed by atoms with Gasteiger partial charge in [0.05, 0.1) is 28.1 Å². The van der Waals surface area contributed by atoms with Gasteiger partial charge in [0.25, 0.3) is 0 Å². The Balaban J connectivity index is 1.06. The van der Waals surface area contributed by atoms with E-state index in [9.17, 15) is 0 Å². The molecule has 0 spiro atoms. The van der Waals surface area contributed by atoms with Crippen molar-refractivity contribution in [3.8, 4) is 39.1 Å². The number of hydrogen-bond donors (Lipinski definition) is 0. The Morgan fingerprint density at radius 2 is 0.784 bits per heavy atom. The quantitative estimate of drug-likeness (QED) is 0.145. The molecule has 0 aliphatic carbocycles. The van der Waals surface area contributed by atoms with Gasteiger partial charge in [0.15, 0.2) is 0 Å². The highest BCUT2D eigenvalue weighted by Crippen LogP contribution is 2.51. The van der Waals surface area contributed by atoms with Crippen molar-refractivity contribution in [3.05, 3.63) is 279 Å². The predicted octanol–water partition coefficient (Wildman–Crippen LogP) is 20.2. The molecule has 344 valence electrons. The minimum Gasteiger partial charge on any atom is -0.309 e. The topological polar surface area (TPSA) is 8.17 Å². The summed E-state index contributed by atoms with van der Waals surface area (Å²) in [6, 6.07) is 103. The average molecular weight is 939 g/mol. The van der Waals surface area contributed by atoms with Crippen LogP contribution < -0.4 is 4.90 Å². The smallest absolute Gasteiger partial charge is 0.0546 e. The van der Waals surface area contributed by atoms with Crippen LogP contribution in [0.4, 0.5) is 17.1 Å². The van der Waals surface area contributed by atoms with Crippen molar-refractivity contribution in [3.63, 3.8) is 0 Å². The third-order valence-corrected chi connectivity index (χ3v) is 15.5. The fourth-order valence-corrected chi connectivity index (χ4v) is 12.2. The van der Waals surface area contributed by atoms with E-state index in [-0.39, 0.29) is 0 Å². The monoisotopic (exact) mass is 938 g/mol. The number of benzene rings is 14. The summed E-state index contributed by atoms with van der Waals surface area (Å²) in [6.45, 7) is 0. The second kappa shape index (κ2) is 16.9. The summed E-state index contributed by atoms with van der Waals surface area (Å²) >= 11 is 0. The fourth-order valence-electron chi connectivity index (χ4n) is 12.2. The van der Waals surface area contributed by atoms with Gasteiger partial charge < -0.3 is 9.47 Å². The molecule has 74 heavy (non-hydrogen) atoms.